The van der Waals surface area contributed by atoms with Gasteiger partial charge in [-0.15, -0.1) is 0 Å². The van der Waals surface area contributed by atoms with Crippen LogP contribution in [0.15, 0.2) is 54.8 Å². The molecule has 0 aliphatic heterocycles. The standard InChI is InChI=1S/C17H20O2/c1-5-15(11-10-13(3)19-6-2)17-9-7-8-16(12-17)14(4)18/h5,7-12H,1,6H2,2-4H3/b13-10+,15-11+. The molecule has 1 aromatic rings. The SMILES string of the molecule is C=C/C(=C\C=C(/C)OCC)c1cccc(C(C)=O)c1. The molecule has 0 spiro atoms. The lowest BCUT2D eigenvalue weighted by molar-refractivity contribution is 0.101. The molecule has 0 heterocycles. The van der Waals surface area contributed by atoms with Crippen LogP contribution in [-0.2, 0) is 4.74 Å². The van der Waals surface area contributed by atoms with Gasteiger partial charge in [0.15, 0.2) is 5.78 Å². The van der Waals surface area contributed by atoms with E-state index in [4.69, 9.17) is 4.74 Å². The van der Waals surface area contributed by atoms with Gasteiger partial charge in [0.2, 0.25) is 0 Å². The topological polar surface area (TPSA) is 26.3 Å². The van der Waals surface area contributed by atoms with E-state index in [1.54, 1.807) is 13.0 Å². The predicted molar refractivity (Wildman–Crippen MR) is 80.0 cm³/mol. The van der Waals surface area contributed by atoms with E-state index in [1.165, 1.54) is 0 Å². The zero-order chi connectivity index (χ0) is 14.3. The maximum absolute atomic E-state index is 11.4. The summed E-state index contributed by atoms with van der Waals surface area (Å²) in [5.74, 6) is 0.913. The third-order valence-electron chi connectivity index (χ3n) is 2.69. The number of Topliss-reactive ketones (excluding diaryl/α,β-unsaturated/α-hetero) is 1. The molecule has 0 N–H and O–H groups in total. The highest BCUT2D eigenvalue weighted by Gasteiger charge is 2.02. The summed E-state index contributed by atoms with van der Waals surface area (Å²) in [4.78, 5) is 11.4. The highest BCUT2D eigenvalue weighted by molar-refractivity contribution is 5.95. The van der Waals surface area contributed by atoms with Crippen molar-refractivity contribution >= 4 is 11.4 Å². The van der Waals surface area contributed by atoms with E-state index in [9.17, 15) is 4.79 Å². The Kier molecular flexibility index (Phi) is 5.80. The summed E-state index contributed by atoms with van der Waals surface area (Å²) in [7, 11) is 0. The van der Waals surface area contributed by atoms with Crippen LogP contribution in [0.3, 0.4) is 0 Å². The van der Waals surface area contributed by atoms with Gasteiger partial charge in [0.25, 0.3) is 0 Å². The van der Waals surface area contributed by atoms with Gasteiger partial charge in [-0.05, 0) is 44.1 Å². The molecule has 0 unspecified atom stereocenters. The smallest absolute Gasteiger partial charge is 0.159 e. The van der Waals surface area contributed by atoms with Gasteiger partial charge in [0.05, 0.1) is 12.4 Å². The second-order valence-corrected chi connectivity index (χ2v) is 4.17. The van der Waals surface area contributed by atoms with Gasteiger partial charge in [-0.2, -0.15) is 0 Å². The van der Waals surface area contributed by atoms with Gasteiger partial charge in [-0.25, -0.2) is 0 Å². The van der Waals surface area contributed by atoms with Crippen LogP contribution in [0, 0.1) is 0 Å². The van der Waals surface area contributed by atoms with Gasteiger partial charge >= 0.3 is 0 Å². The number of carbonyl (C=O) groups is 1. The van der Waals surface area contributed by atoms with Gasteiger partial charge in [0, 0.05) is 5.56 Å². The monoisotopic (exact) mass is 256 g/mol. The number of allylic oxidation sites excluding steroid dienone is 5. The van der Waals surface area contributed by atoms with Gasteiger partial charge in [0.1, 0.15) is 0 Å². The van der Waals surface area contributed by atoms with Crippen molar-refractivity contribution < 1.29 is 9.53 Å². The molecule has 0 atom stereocenters. The number of hydrogen-bond donors (Lipinski definition) is 0. The Morgan fingerprint density at radius 1 is 1.26 bits per heavy atom. The Morgan fingerprint density at radius 2 is 1.95 bits per heavy atom. The van der Waals surface area contributed by atoms with E-state index in [1.807, 2.05) is 50.3 Å². The molecule has 0 fully saturated rings. The highest BCUT2D eigenvalue weighted by atomic mass is 16.5. The first-order chi connectivity index (χ1) is 9.08. The summed E-state index contributed by atoms with van der Waals surface area (Å²) in [5.41, 5.74) is 2.64. The number of benzene rings is 1. The molecule has 19 heavy (non-hydrogen) atoms. The van der Waals surface area contributed by atoms with Crippen molar-refractivity contribution in [2.75, 3.05) is 6.61 Å². The molecule has 2 heteroatoms. The van der Waals surface area contributed by atoms with Crippen molar-refractivity contribution in [1.29, 1.82) is 0 Å². The quantitative estimate of drug-likeness (QED) is 0.428. The fraction of sp³-hybridized carbons (Fsp3) is 0.235. The summed E-state index contributed by atoms with van der Waals surface area (Å²) < 4.78 is 5.36. The van der Waals surface area contributed by atoms with Crippen LogP contribution in [0.2, 0.25) is 0 Å². The minimum absolute atomic E-state index is 0.0614. The summed E-state index contributed by atoms with van der Waals surface area (Å²) in [6, 6.07) is 7.53. The fourth-order valence-electron chi connectivity index (χ4n) is 1.68. The van der Waals surface area contributed by atoms with Crippen molar-refractivity contribution in [3.63, 3.8) is 0 Å². The molecule has 0 aliphatic rings. The third-order valence-corrected chi connectivity index (χ3v) is 2.69. The minimum atomic E-state index is 0.0614. The van der Waals surface area contributed by atoms with E-state index in [2.05, 4.69) is 6.58 Å². The lowest BCUT2D eigenvalue weighted by atomic mass is 10.0. The van der Waals surface area contributed by atoms with Gasteiger partial charge < -0.3 is 4.74 Å². The highest BCUT2D eigenvalue weighted by Crippen LogP contribution is 2.18. The Hall–Kier alpha value is -2.09. The van der Waals surface area contributed by atoms with Crippen LogP contribution in [0.5, 0.6) is 0 Å². The first-order valence-electron chi connectivity index (χ1n) is 6.33. The molecule has 0 amide bonds. The maximum Gasteiger partial charge on any atom is 0.159 e. The van der Waals surface area contributed by atoms with Gasteiger partial charge in [-0.1, -0.05) is 36.9 Å². The zero-order valence-corrected chi connectivity index (χ0v) is 11.8. The summed E-state index contributed by atoms with van der Waals surface area (Å²) in [5, 5.41) is 0. The largest absolute Gasteiger partial charge is 0.499 e. The summed E-state index contributed by atoms with van der Waals surface area (Å²) in [6.45, 7) is 9.89. The van der Waals surface area contributed by atoms with Crippen molar-refractivity contribution in [2.24, 2.45) is 0 Å². The van der Waals surface area contributed by atoms with Crippen LogP contribution in [-0.4, -0.2) is 12.4 Å². The maximum atomic E-state index is 11.4. The second-order valence-electron chi connectivity index (χ2n) is 4.17. The number of ether oxygens (including phenoxy) is 1. The summed E-state index contributed by atoms with van der Waals surface area (Å²) in [6.07, 6.45) is 5.62. The molecular weight excluding hydrogens is 236 g/mol. The molecule has 1 aromatic carbocycles. The lowest BCUT2D eigenvalue weighted by Gasteiger charge is -2.05. The van der Waals surface area contributed by atoms with Crippen molar-refractivity contribution in [2.45, 2.75) is 20.8 Å². The van der Waals surface area contributed by atoms with E-state index < -0.39 is 0 Å². The average molecular weight is 256 g/mol. The van der Waals surface area contributed by atoms with Crippen molar-refractivity contribution in [3.05, 3.63) is 66.0 Å². The molecule has 0 aliphatic carbocycles. The minimum Gasteiger partial charge on any atom is -0.499 e. The van der Waals surface area contributed by atoms with Crippen molar-refractivity contribution in [1.82, 2.24) is 0 Å². The third kappa shape index (κ3) is 4.59. The van der Waals surface area contributed by atoms with E-state index in [0.29, 0.717) is 12.2 Å². The first-order valence-corrected chi connectivity index (χ1v) is 6.33. The second kappa shape index (κ2) is 7.37. The van der Waals surface area contributed by atoms with Crippen LogP contribution in [0.4, 0.5) is 0 Å². The fourth-order valence-corrected chi connectivity index (χ4v) is 1.68. The van der Waals surface area contributed by atoms with E-state index in [0.717, 1.165) is 16.9 Å². The van der Waals surface area contributed by atoms with Crippen LogP contribution >= 0.6 is 0 Å². The molecule has 100 valence electrons. The molecular formula is C17H20O2. The zero-order valence-electron chi connectivity index (χ0n) is 11.8. The van der Waals surface area contributed by atoms with E-state index >= 15 is 0 Å². The molecule has 0 radical (unpaired) electrons. The van der Waals surface area contributed by atoms with Crippen LogP contribution in [0.1, 0.15) is 36.7 Å². The Bertz CT molecular complexity index is 522. The Morgan fingerprint density at radius 3 is 2.53 bits per heavy atom. The summed E-state index contributed by atoms with van der Waals surface area (Å²) >= 11 is 0. The number of hydrogen-bond acceptors (Lipinski definition) is 2. The number of carbonyl (C=O) groups excluding carboxylic acids is 1. The molecule has 1 rings (SSSR count). The van der Waals surface area contributed by atoms with Crippen molar-refractivity contribution in [3.8, 4) is 0 Å². The first kappa shape index (κ1) is 15.0. The normalized spacial score (nSPS) is 12.2. The van der Waals surface area contributed by atoms with Gasteiger partial charge in [-0.3, -0.25) is 4.79 Å². The molecule has 0 saturated heterocycles. The lowest BCUT2D eigenvalue weighted by Crippen LogP contribution is -1.93. The predicted octanol–water partition coefficient (Wildman–Crippen LogP) is 4.40. The van der Waals surface area contributed by atoms with Crippen LogP contribution in [0.25, 0.3) is 5.57 Å². The molecule has 0 aromatic heterocycles. The van der Waals surface area contributed by atoms with E-state index in [-0.39, 0.29) is 5.78 Å². The Balaban J connectivity index is 3.06. The Labute approximate surface area is 115 Å². The van der Waals surface area contributed by atoms with Crippen LogP contribution < -0.4 is 0 Å². The molecule has 0 bridgehead atoms. The number of rotatable bonds is 6. The number of ketones is 1. The molecule has 0 saturated carbocycles. The molecule has 2 nitrogen and oxygen atoms in total. The average Bonchev–Trinajstić information content (AvgIpc) is 2.40.